The summed E-state index contributed by atoms with van der Waals surface area (Å²) in [7, 11) is 0. The molecule has 5 heteroatoms. The van der Waals surface area contributed by atoms with Crippen LogP contribution in [0, 0.1) is 0 Å². The molecule has 0 aromatic heterocycles. The number of isocyanates is 1. The predicted octanol–water partition coefficient (Wildman–Crippen LogP) is 2.93. The quantitative estimate of drug-likeness (QED) is 0.609. The summed E-state index contributed by atoms with van der Waals surface area (Å²) in [6.45, 7) is 1.49. The fraction of sp³-hybridized carbons (Fsp3) is 0.385. The van der Waals surface area contributed by atoms with Gasteiger partial charge in [0.15, 0.2) is 0 Å². The molecule has 0 radical (unpaired) electrons. The van der Waals surface area contributed by atoms with Gasteiger partial charge in [-0.05, 0) is 37.5 Å². The molecule has 1 heterocycles. The van der Waals surface area contributed by atoms with Gasteiger partial charge in [-0.2, -0.15) is 4.99 Å². The Balaban J connectivity index is 2.32. The summed E-state index contributed by atoms with van der Waals surface area (Å²) >= 11 is 5.89. The first-order chi connectivity index (χ1) is 8.72. The van der Waals surface area contributed by atoms with Gasteiger partial charge in [0.1, 0.15) is 0 Å². The molecule has 94 valence electrons. The lowest BCUT2D eigenvalue weighted by molar-refractivity contribution is 0.0725. The van der Waals surface area contributed by atoms with Crippen molar-refractivity contribution in [2.45, 2.75) is 19.3 Å². The largest absolute Gasteiger partial charge is 0.339 e. The van der Waals surface area contributed by atoms with E-state index in [9.17, 15) is 9.59 Å². The Labute approximate surface area is 110 Å². The van der Waals surface area contributed by atoms with E-state index in [0.717, 1.165) is 32.4 Å². The van der Waals surface area contributed by atoms with Crippen molar-refractivity contribution in [3.05, 3.63) is 28.8 Å². The van der Waals surface area contributed by atoms with Crippen LogP contribution in [-0.2, 0) is 4.79 Å². The SMILES string of the molecule is O=C=Nc1ccc(Cl)cc1C(=O)N1CCCCC1. The molecule has 4 nitrogen and oxygen atoms in total. The highest BCUT2D eigenvalue weighted by molar-refractivity contribution is 6.31. The average molecular weight is 265 g/mol. The van der Waals surface area contributed by atoms with Crippen LogP contribution in [0.1, 0.15) is 29.6 Å². The van der Waals surface area contributed by atoms with Gasteiger partial charge in [-0.3, -0.25) is 4.79 Å². The number of likely N-dealkylation sites (tertiary alicyclic amines) is 1. The number of carbonyl (C=O) groups is 1. The summed E-state index contributed by atoms with van der Waals surface area (Å²) in [6, 6.07) is 4.71. The molecule has 0 atom stereocenters. The minimum absolute atomic E-state index is 0.119. The topological polar surface area (TPSA) is 49.7 Å². The Morgan fingerprint density at radius 3 is 2.67 bits per heavy atom. The molecular weight excluding hydrogens is 252 g/mol. The van der Waals surface area contributed by atoms with Crippen LogP contribution in [0.4, 0.5) is 5.69 Å². The predicted molar refractivity (Wildman–Crippen MR) is 69.0 cm³/mol. The monoisotopic (exact) mass is 264 g/mol. The second-order valence-corrected chi connectivity index (χ2v) is 4.65. The Morgan fingerprint density at radius 1 is 1.28 bits per heavy atom. The number of halogens is 1. The zero-order chi connectivity index (χ0) is 13.0. The number of carbonyl (C=O) groups excluding carboxylic acids is 2. The van der Waals surface area contributed by atoms with E-state index in [1.807, 2.05) is 0 Å². The molecule has 1 aliphatic rings. The maximum Gasteiger partial charge on any atom is 0.256 e. The van der Waals surface area contributed by atoms with E-state index in [0.29, 0.717) is 16.3 Å². The molecule has 1 aromatic carbocycles. The fourth-order valence-corrected chi connectivity index (χ4v) is 2.27. The first-order valence-electron chi connectivity index (χ1n) is 5.89. The van der Waals surface area contributed by atoms with Crippen molar-refractivity contribution < 1.29 is 9.59 Å². The van der Waals surface area contributed by atoms with E-state index < -0.39 is 0 Å². The van der Waals surface area contributed by atoms with Crippen LogP contribution in [0.3, 0.4) is 0 Å². The second-order valence-electron chi connectivity index (χ2n) is 4.22. The van der Waals surface area contributed by atoms with Gasteiger partial charge in [-0.15, -0.1) is 0 Å². The van der Waals surface area contributed by atoms with Crippen LogP contribution < -0.4 is 0 Å². The maximum atomic E-state index is 12.3. The highest BCUT2D eigenvalue weighted by Crippen LogP contribution is 2.25. The first-order valence-corrected chi connectivity index (χ1v) is 6.27. The summed E-state index contributed by atoms with van der Waals surface area (Å²) in [5.41, 5.74) is 0.692. The van der Waals surface area contributed by atoms with Crippen molar-refractivity contribution in [2.75, 3.05) is 13.1 Å². The number of hydrogen-bond acceptors (Lipinski definition) is 3. The van der Waals surface area contributed by atoms with Gasteiger partial charge in [-0.25, -0.2) is 4.79 Å². The Hall–Kier alpha value is -1.64. The van der Waals surface area contributed by atoms with E-state index in [-0.39, 0.29) is 5.91 Å². The zero-order valence-corrected chi connectivity index (χ0v) is 10.6. The Morgan fingerprint density at radius 2 is 2.00 bits per heavy atom. The summed E-state index contributed by atoms with van der Waals surface area (Å²) in [4.78, 5) is 28.0. The van der Waals surface area contributed by atoms with Crippen LogP contribution in [0.2, 0.25) is 5.02 Å². The van der Waals surface area contributed by atoms with Gasteiger partial charge >= 0.3 is 0 Å². The van der Waals surface area contributed by atoms with E-state index in [1.165, 1.54) is 6.08 Å². The molecule has 1 amide bonds. The number of rotatable bonds is 2. The molecule has 1 fully saturated rings. The molecule has 0 bridgehead atoms. The summed E-state index contributed by atoms with van der Waals surface area (Å²) in [5, 5.41) is 0.459. The molecule has 0 aliphatic carbocycles. The van der Waals surface area contributed by atoms with Gasteiger partial charge in [0.25, 0.3) is 5.91 Å². The molecule has 1 aliphatic heterocycles. The van der Waals surface area contributed by atoms with Crippen molar-refractivity contribution >= 4 is 29.3 Å². The molecule has 18 heavy (non-hydrogen) atoms. The molecule has 0 unspecified atom stereocenters. The number of aliphatic imine (C=N–C) groups is 1. The Kier molecular flexibility index (Phi) is 4.13. The third-order valence-electron chi connectivity index (χ3n) is 3.00. The molecule has 2 rings (SSSR count). The van der Waals surface area contributed by atoms with Crippen molar-refractivity contribution in [2.24, 2.45) is 4.99 Å². The number of amides is 1. The van der Waals surface area contributed by atoms with Gasteiger partial charge < -0.3 is 4.90 Å². The van der Waals surface area contributed by atoms with E-state index >= 15 is 0 Å². The first kappa shape index (κ1) is 12.8. The number of benzene rings is 1. The summed E-state index contributed by atoms with van der Waals surface area (Å²) in [6.07, 6.45) is 4.64. The summed E-state index contributed by atoms with van der Waals surface area (Å²) < 4.78 is 0. The molecule has 0 spiro atoms. The minimum atomic E-state index is -0.119. The van der Waals surface area contributed by atoms with Crippen molar-refractivity contribution in [3.63, 3.8) is 0 Å². The number of piperidine rings is 1. The van der Waals surface area contributed by atoms with Gasteiger partial charge in [0, 0.05) is 18.1 Å². The third kappa shape index (κ3) is 2.78. The van der Waals surface area contributed by atoms with Gasteiger partial charge in [-0.1, -0.05) is 11.6 Å². The number of hydrogen-bond donors (Lipinski definition) is 0. The van der Waals surface area contributed by atoms with Crippen LogP contribution in [0.15, 0.2) is 23.2 Å². The molecule has 1 aromatic rings. The maximum absolute atomic E-state index is 12.3. The number of nitrogens with zero attached hydrogens (tertiary/aromatic N) is 2. The highest BCUT2D eigenvalue weighted by Gasteiger charge is 2.21. The van der Waals surface area contributed by atoms with E-state index in [4.69, 9.17) is 11.6 Å². The van der Waals surface area contributed by atoms with Crippen LogP contribution in [0.25, 0.3) is 0 Å². The minimum Gasteiger partial charge on any atom is -0.339 e. The molecule has 0 N–H and O–H groups in total. The Bertz CT molecular complexity index is 504. The van der Waals surface area contributed by atoms with E-state index in [2.05, 4.69) is 4.99 Å². The lowest BCUT2D eigenvalue weighted by Crippen LogP contribution is -2.35. The standard InChI is InChI=1S/C13H13ClN2O2/c14-10-4-5-12(15-9-17)11(8-10)13(18)16-6-2-1-3-7-16/h4-5,8H,1-3,6-7H2. The van der Waals surface area contributed by atoms with E-state index in [1.54, 1.807) is 23.1 Å². The second kappa shape index (κ2) is 5.80. The van der Waals surface area contributed by atoms with Crippen LogP contribution in [-0.4, -0.2) is 30.0 Å². The van der Waals surface area contributed by atoms with Crippen molar-refractivity contribution in [1.82, 2.24) is 4.90 Å². The normalized spacial score (nSPS) is 15.1. The average Bonchev–Trinajstić information content (AvgIpc) is 2.41. The highest BCUT2D eigenvalue weighted by atomic mass is 35.5. The van der Waals surface area contributed by atoms with Gasteiger partial charge in [0.05, 0.1) is 11.3 Å². The zero-order valence-electron chi connectivity index (χ0n) is 9.86. The molecule has 0 saturated carbocycles. The van der Waals surface area contributed by atoms with Crippen LogP contribution in [0.5, 0.6) is 0 Å². The van der Waals surface area contributed by atoms with Crippen molar-refractivity contribution in [3.8, 4) is 0 Å². The lowest BCUT2D eigenvalue weighted by Gasteiger charge is -2.27. The molecular formula is C13H13ClN2O2. The van der Waals surface area contributed by atoms with Crippen molar-refractivity contribution in [1.29, 1.82) is 0 Å². The van der Waals surface area contributed by atoms with Gasteiger partial charge in [0.2, 0.25) is 6.08 Å². The van der Waals surface area contributed by atoms with Crippen LogP contribution >= 0.6 is 11.6 Å². The fourth-order valence-electron chi connectivity index (χ4n) is 2.09. The summed E-state index contributed by atoms with van der Waals surface area (Å²) in [5.74, 6) is -0.119. The lowest BCUT2D eigenvalue weighted by atomic mass is 10.1. The smallest absolute Gasteiger partial charge is 0.256 e. The molecule has 1 saturated heterocycles. The third-order valence-corrected chi connectivity index (χ3v) is 3.23.